The summed E-state index contributed by atoms with van der Waals surface area (Å²) in [6.07, 6.45) is 3.37. The topological polar surface area (TPSA) is 96.6 Å². The van der Waals surface area contributed by atoms with Gasteiger partial charge in [-0.25, -0.2) is 4.79 Å². The molecule has 0 radical (unpaired) electrons. The maximum absolute atomic E-state index is 11.1. The second-order valence-corrected chi connectivity index (χ2v) is 4.48. The zero-order chi connectivity index (χ0) is 15.4. The Hall–Kier alpha value is -2.96. The molecule has 7 heteroatoms. The molecule has 0 fully saturated rings. The van der Waals surface area contributed by atoms with Gasteiger partial charge in [0, 0.05) is 37.7 Å². The summed E-state index contributed by atoms with van der Waals surface area (Å²) in [6, 6.07) is 7.74. The Morgan fingerprint density at radius 1 is 1.43 bits per heavy atom. The first-order valence-corrected chi connectivity index (χ1v) is 6.11. The number of pyridine rings is 1. The van der Waals surface area contributed by atoms with Gasteiger partial charge in [-0.3, -0.25) is 15.1 Å². The van der Waals surface area contributed by atoms with E-state index in [9.17, 15) is 14.9 Å². The number of carboxylic acids is 1. The zero-order valence-electron chi connectivity index (χ0n) is 11.3. The Bertz CT molecular complexity index is 673. The Morgan fingerprint density at radius 3 is 2.76 bits per heavy atom. The minimum absolute atomic E-state index is 0.324. The first kappa shape index (κ1) is 14.4. The van der Waals surface area contributed by atoms with Crippen LogP contribution in [0.15, 0.2) is 42.7 Å². The minimum atomic E-state index is -1.32. The molecule has 0 amide bonds. The van der Waals surface area contributed by atoms with E-state index in [1.54, 1.807) is 24.3 Å². The average molecular weight is 287 g/mol. The molecule has 2 rings (SSSR count). The number of hydrogen-bond donors (Lipinski definition) is 1. The van der Waals surface area contributed by atoms with Crippen LogP contribution >= 0.6 is 0 Å². The van der Waals surface area contributed by atoms with Crippen LogP contribution in [0.4, 0.5) is 11.4 Å². The monoisotopic (exact) mass is 287 g/mol. The van der Waals surface area contributed by atoms with Gasteiger partial charge in [0.15, 0.2) is 0 Å². The summed E-state index contributed by atoms with van der Waals surface area (Å²) in [7, 11) is 1.78. The molecule has 0 unspecified atom stereocenters. The fraction of sp³-hybridized carbons (Fsp3) is 0.143. The first-order chi connectivity index (χ1) is 9.99. The lowest BCUT2D eigenvalue weighted by Crippen LogP contribution is -2.17. The Balaban J connectivity index is 2.30. The van der Waals surface area contributed by atoms with E-state index in [2.05, 4.69) is 4.98 Å². The van der Waals surface area contributed by atoms with Crippen LogP contribution in [0.2, 0.25) is 0 Å². The largest absolute Gasteiger partial charge is 0.477 e. The summed E-state index contributed by atoms with van der Waals surface area (Å²) in [6.45, 7) is 0.519. The van der Waals surface area contributed by atoms with E-state index in [0.29, 0.717) is 12.2 Å². The number of nitro groups is 1. The average Bonchev–Trinajstić information content (AvgIpc) is 2.47. The molecule has 0 bridgehead atoms. The van der Waals surface area contributed by atoms with Crippen molar-refractivity contribution in [3.8, 4) is 0 Å². The molecule has 0 aliphatic carbocycles. The molecule has 0 atom stereocenters. The number of aromatic carboxylic acids is 1. The van der Waals surface area contributed by atoms with Gasteiger partial charge in [-0.1, -0.05) is 6.07 Å². The molecule has 1 aromatic heterocycles. The lowest BCUT2D eigenvalue weighted by molar-refractivity contribution is -0.385. The summed E-state index contributed by atoms with van der Waals surface area (Å²) >= 11 is 0. The van der Waals surface area contributed by atoms with Crippen LogP contribution < -0.4 is 4.90 Å². The molecule has 1 N–H and O–H groups in total. The molecule has 0 saturated carbocycles. The van der Waals surface area contributed by atoms with Gasteiger partial charge in [-0.15, -0.1) is 0 Å². The first-order valence-electron chi connectivity index (χ1n) is 6.11. The van der Waals surface area contributed by atoms with Crippen molar-refractivity contribution in [3.63, 3.8) is 0 Å². The summed E-state index contributed by atoms with van der Waals surface area (Å²) in [5.41, 5.74) is 0.800. The van der Waals surface area contributed by atoms with Crippen LogP contribution in [-0.2, 0) is 6.54 Å². The highest BCUT2D eigenvalue weighted by Crippen LogP contribution is 2.25. The Kier molecular flexibility index (Phi) is 4.13. The number of carboxylic acid groups (broad SMARTS) is 1. The number of hydrogen-bond acceptors (Lipinski definition) is 5. The second kappa shape index (κ2) is 6.00. The van der Waals surface area contributed by atoms with E-state index in [1.807, 2.05) is 12.1 Å². The van der Waals surface area contributed by atoms with Crippen molar-refractivity contribution in [2.45, 2.75) is 6.54 Å². The zero-order valence-corrected chi connectivity index (χ0v) is 11.3. The molecule has 0 spiro atoms. The van der Waals surface area contributed by atoms with Gasteiger partial charge in [0.1, 0.15) is 5.56 Å². The Morgan fingerprint density at radius 2 is 2.19 bits per heavy atom. The normalized spacial score (nSPS) is 10.1. The molecule has 2 aromatic rings. The molecule has 1 heterocycles. The van der Waals surface area contributed by atoms with Crippen LogP contribution in [0, 0.1) is 10.1 Å². The van der Waals surface area contributed by atoms with E-state index >= 15 is 0 Å². The van der Waals surface area contributed by atoms with Crippen molar-refractivity contribution in [2.75, 3.05) is 11.9 Å². The van der Waals surface area contributed by atoms with E-state index in [0.717, 1.165) is 5.56 Å². The van der Waals surface area contributed by atoms with Crippen molar-refractivity contribution >= 4 is 17.3 Å². The van der Waals surface area contributed by atoms with Crippen LogP contribution in [-0.4, -0.2) is 28.0 Å². The highest BCUT2D eigenvalue weighted by molar-refractivity contribution is 5.93. The fourth-order valence-electron chi connectivity index (χ4n) is 1.95. The van der Waals surface area contributed by atoms with Gasteiger partial charge in [-0.2, -0.15) is 0 Å². The lowest BCUT2D eigenvalue weighted by Gasteiger charge is -2.19. The van der Waals surface area contributed by atoms with E-state index in [1.165, 1.54) is 18.2 Å². The van der Waals surface area contributed by atoms with E-state index in [-0.39, 0.29) is 5.56 Å². The van der Waals surface area contributed by atoms with Crippen molar-refractivity contribution < 1.29 is 14.8 Å². The third kappa shape index (κ3) is 3.33. The number of aromatic nitrogens is 1. The summed E-state index contributed by atoms with van der Waals surface area (Å²) in [4.78, 5) is 27.0. The maximum atomic E-state index is 11.1. The molecule has 0 aliphatic rings. The molecule has 7 nitrogen and oxygen atoms in total. The third-order valence-corrected chi connectivity index (χ3v) is 2.99. The van der Waals surface area contributed by atoms with Gasteiger partial charge >= 0.3 is 5.97 Å². The van der Waals surface area contributed by atoms with Crippen LogP contribution in [0.5, 0.6) is 0 Å². The van der Waals surface area contributed by atoms with Crippen LogP contribution in [0.25, 0.3) is 0 Å². The molecule has 0 saturated heterocycles. The molecule has 1 aromatic carbocycles. The maximum Gasteiger partial charge on any atom is 0.342 e. The van der Waals surface area contributed by atoms with Crippen molar-refractivity contribution in [1.29, 1.82) is 0 Å². The smallest absolute Gasteiger partial charge is 0.342 e. The van der Waals surface area contributed by atoms with Crippen LogP contribution in [0.1, 0.15) is 15.9 Å². The number of nitrogens with zero attached hydrogens (tertiary/aromatic N) is 3. The molecule has 21 heavy (non-hydrogen) atoms. The number of nitro benzene ring substituents is 1. The van der Waals surface area contributed by atoms with Gasteiger partial charge < -0.3 is 10.0 Å². The van der Waals surface area contributed by atoms with Crippen LogP contribution in [0.3, 0.4) is 0 Å². The predicted molar refractivity (Wildman–Crippen MR) is 76.4 cm³/mol. The molecule has 0 aliphatic heterocycles. The molecular weight excluding hydrogens is 274 g/mol. The minimum Gasteiger partial charge on any atom is -0.477 e. The third-order valence-electron chi connectivity index (χ3n) is 2.99. The van der Waals surface area contributed by atoms with Crippen molar-refractivity contribution in [3.05, 3.63) is 64.0 Å². The number of anilines is 1. The number of rotatable bonds is 5. The highest BCUT2D eigenvalue weighted by atomic mass is 16.6. The summed E-state index contributed by atoms with van der Waals surface area (Å²) < 4.78 is 0. The standard InChI is InChI=1S/C14H13N3O4/c1-16(9-10-3-2-6-15-8-10)11-4-5-13(17(20)21)12(7-11)14(18)19/h2-8H,9H2,1H3,(H,18,19). The quantitative estimate of drug-likeness (QED) is 0.669. The van der Waals surface area contributed by atoms with Gasteiger partial charge in [-0.05, 0) is 23.8 Å². The lowest BCUT2D eigenvalue weighted by atomic mass is 10.1. The summed E-state index contributed by atoms with van der Waals surface area (Å²) in [5.74, 6) is -1.32. The second-order valence-electron chi connectivity index (χ2n) is 4.48. The van der Waals surface area contributed by atoms with Gasteiger partial charge in [0.2, 0.25) is 0 Å². The number of carbonyl (C=O) groups is 1. The molecular formula is C14H13N3O4. The SMILES string of the molecule is CN(Cc1cccnc1)c1ccc([N+](=O)[O-])c(C(=O)O)c1. The fourth-order valence-corrected chi connectivity index (χ4v) is 1.95. The summed E-state index contributed by atoms with van der Waals surface area (Å²) in [5, 5.41) is 19.9. The molecule has 108 valence electrons. The Labute approximate surface area is 120 Å². The van der Waals surface area contributed by atoms with Gasteiger partial charge in [0.25, 0.3) is 5.69 Å². The van der Waals surface area contributed by atoms with Crippen molar-refractivity contribution in [1.82, 2.24) is 4.98 Å². The highest BCUT2D eigenvalue weighted by Gasteiger charge is 2.20. The van der Waals surface area contributed by atoms with E-state index in [4.69, 9.17) is 5.11 Å². The van der Waals surface area contributed by atoms with Gasteiger partial charge in [0.05, 0.1) is 4.92 Å². The van der Waals surface area contributed by atoms with E-state index < -0.39 is 16.6 Å². The van der Waals surface area contributed by atoms with Crippen molar-refractivity contribution in [2.24, 2.45) is 0 Å². The number of benzene rings is 1. The predicted octanol–water partition coefficient (Wildman–Crippen LogP) is 2.32.